The molecule has 2 amide bonds. The molecule has 0 bridgehead atoms. The van der Waals surface area contributed by atoms with Crippen LogP contribution in [0.2, 0.25) is 0 Å². The van der Waals surface area contributed by atoms with E-state index in [0.29, 0.717) is 24.6 Å². The number of hydrogen-bond acceptors (Lipinski definition) is 3. The molecule has 0 radical (unpaired) electrons. The normalized spacial score (nSPS) is 13.3. The SMILES string of the molecule is N#Cc1ccc(CC(=O)NCCC(=O)NC2CC2)cc1. The molecule has 0 saturated heterocycles. The number of nitriles is 1. The molecule has 2 N–H and O–H groups in total. The number of benzene rings is 1. The van der Waals surface area contributed by atoms with E-state index < -0.39 is 0 Å². The Morgan fingerprint density at radius 1 is 1.20 bits per heavy atom. The van der Waals surface area contributed by atoms with E-state index >= 15 is 0 Å². The van der Waals surface area contributed by atoms with Crippen molar-refractivity contribution in [1.82, 2.24) is 10.6 Å². The van der Waals surface area contributed by atoms with Gasteiger partial charge in [-0.25, -0.2) is 0 Å². The molecule has 0 spiro atoms. The van der Waals surface area contributed by atoms with Gasteiger partial charge in [-0.05, 0) is 30.5 Å². The lowest BCUT2D eigenvalue weighted by Crippen LogP contribution is -2.32. The van der Waals surface area contributed by atoms with E-state index in [0.717, 1.165) is 18.4 Å². The number of nitrogens with one attached hydrogen (secondary N) is 2. The summed E-state index contributed by atoms with van der Waals surface area (Å²) in [6.07, 6.45) is 2.71. The molecule has 2 rings (SSSR count). The van der Waals surface area contributed by atoms with Crippen LogP contribution in [0, 0.1) is 11.3 Å². The third-order valence-corrected chi connectivity index (χ3v) is 3.06. The maximum absolute atomic E-state index is 11.7. The summed E-state index contributed by atoms with van der Waals surface area (Å²) < 4.78 is 0. The summed E-state index contributed by atoms with van der Waals surface area (Å²) in [5, 5.41) is 14.3. The van der Waals surface area contributed by atoms with E-state index in [1.54, 1.807) is 24.3 Å². The van der Waals surface area contributed by atoms with Gasteiger partial charge in [0.15, 0.2) is 0 Å². The van der Waals surface area contributed by atoms with Crippen LogP contribution in [0.15, 0.2) is 24.3 Å². The first-order valence-corrected chi connectivity index (χ1v) is 6.72. The van der Waals surface area contributed by atoms with E-state index in [2.05, 4.69) is 10.6 Å². The fraction of sp³-hybridized carbons (Fsp3) is 0.400. The van der Waals surface area contributed by atoms with E-state index in [-0.39, 0.29) is 18.2 Å². The summed E-state index contributed by atoms with van der Waals surface area (Å²) >= 11 is 0. The molecule has 20 heavy (non-hydrogen) atoms. The number of carbonyl (C=O) groups is 2. The van der Waals surface area contributed by atoms with Crippen LogP contribution in [0.5, 0.6) is 0 Å². The van der Waals surface area contributed by atoms with Crippen molar-refractivity contribution in [3.05, 3.63) is 35.4 Å². The van der Waals surface area contributed by atoms with Gasteiger partial charge in [-0.15, -0.1) is 0 Å². The molecule has 0 atom stereocenters. The van der Waals surface area contributed by atoms with Gasteiger partial charge in [-0.3, -0.25) is 9.59 Å². The molecule has 5 heteroatoms. The van der Waals surface area contributed by atoms with Crippen LogP contribution >= 0.6 is 0 Å². The van der Waals surface area contributed by atoms with Gasteiger partial charge in [0, 0.05) is 19.0 Å². The Morgan fingerprint density at radius 2 is 1.90 bits per heavy atom. The van der Waals surface area contributed by atoms with E-state index in [1.165, 1.54) is 0 Å². The first-order chi connectivity index (χ1) is 9.67. The molecule has 0 aromatic heterocycles. The van der Waals surface area contributed by atoms with Crippen LogP contribution in [0.4, 0.5) is 0 Å². The zero-order valence-corrected chi connectivity index (χ0v) is 11.2. The second-order valence-corrected chi connectivity index (χ2v) is 4.93. The molecular weight excluding hydrogens is 254 g/mol. The molecule has 1 aromatic rings. The van der Waals surface area contributed by atoms with Gasteiger partial charge in [0.05, 0.1) is 18.1 Å². The molecule has 0 aliphatic heterocycles. The third kappa shape index (κ3) is 4.73. The Morgan fingerprint density at radius 3 is 2.50 bits per heavy atom. The fourth-order valence-corrected chi connectivity index (χ4v) is 1.79. The van der Waals surface area contributed by atoms with Crippen LogP contribution in [-0.2, 0) is 16.0 Å². The highest BCUT2D eigenvalue weighted by Gasteiger charge is 2.22. The van der Waals surface area contributed by atoms with Crippen molar-refractivity contribution in [3.8, 4) is 6.07 Å². The van der Waals surface area contributed by atoms with Gasteiger partial charge in [0.25, 0.3) is 0 Å². The van der Waals surface area contributed by atoms with Gasteiger partial charge in [0.1, 0.15) is 0 Å². The Hall–Kier alpha value is -2.35. The second kappa shape index (κ2) is 6.71. The van der Waals surface area contributed by atoms with Crippen molar-refractivity contribution in [3.63, 3.8) is 0 Å². The average molecular weight is 271 g/mol. The molecule has 1 aromatic carbocycles. The first-order valence-electron chi connectivity index (χ1n) is 6.72. The average Bonchev–Trinajstić information content (AvgIpc) is 3.23. The zero-order chi connectivity index (χ0) is 14.4. The Balaban J connectivity index is 1.66. The van der Waals surface area contributed by atoms with Crippen LogP contribution in [0.1, 0.15) is 30.4 Å². The Bertz CT molecular complexity index is 527. The lowest BCUT2D eigenvalue weighted by Gasteiger charge is -2.06. The molecule has 0 unspecified atom stereocenters. The zero-order valence-electron chi connectivity index (χ0n) is 11.2. The molecule has 0 heterocycles. The number of hydrogen-bond donors (Lipinski definition) is 2. The van der Waals surface area contributed by atoms with E-state index in [9.17, 15) is 9.59 Å². The molecular formula is C15H17N3O2. The van der Waals surface area contributed by atoms with Crippen molar-refractivity contribution in [2.45, 2.75) is 31.7 Å². The van der Waals surface area contributed by atoms with E-state index in [1.807, 2.05) is 6.07 Å². The standard InChI is InChI=1S/C15H17N3O2/c16-10-12-3-1-11(2-4-12)9-15(20)17-8-7-14(19)18-13-5-6-13/h1-4,13H,5-9H2,(H,17,20)(H,18,19). The number of amides is 2. The predicted octanol–water partition coefficient (Wildman–Crippen LogP) is 0.886. The largest absolute Gasteiger partial charge is 0.355 e. The minimum absolute atomic E-state index is 0.00817. The van der Waals surface area contributed by atoms with Crippen molar-refractivity contribution in [2.75, 3.05) is 6.54 Å². The quantitative estimate of drug-likeness (QED) is 0.806. The second-order valence-electron chi connectivity index (χ2n) is 4.93. The van der Waals surface area contributed by atoms with Gasteiger partial charge < -0.3 is 10.6 Å². The highest BCUT2D eigenvalue weighted by atomic mass is 16.2. The van der Waals surface area contributed by atoms with Crippen LogP contribution in [0.25, 0.3) is 0 Å². The lowest BCUT2D eigenvalue weighted by molar-refractivity contribution is -0.122. The van der Waals surface area contributed by atoms with Crippen LogP contribution in [-0.4, -0.2) is 24.4 Å². The minimum Gasteiger partial charge on any atom is -0.355 e. The number of nitrogens with zero attached hydrogens (tertiary/aromatic N) is 1. The highest BCUT2D eigenvalue weighted by molar-refractivity contribution is 5.80. The summed E-state index contributed by atoms with van der Waals surface area (Å²) in [6, 6.07) is 9.28. The molecule has 1 aliphatic rings. The van der Waals surface area contributed by atoms with Crippen molar-refractivity contribution in [2.24, 2.45) is 0 Å². The number of carbonyl (C=O) groups excluding carboxylic acids is 2. The molecule has 104 valence electrons. The Kier molecular flexibility index (Phi) is 4.72. The lowest BCUT2D eigenvalue weighted by atomic mass is 10.1. The smallest absolute Gasteiger partial charge is 0.224 e. The maximum Gasteiger partial charge on any atom is 0.224 e. The Labute approximate surface area is 118 Å². The predicted molar refractivity (Wildman–Crippen MR) is 73.7 cm³/mol. The first kappa shape index (κ1) is 14.1. The van der Waals surface area contributed by atoms with Crippen molar-refractivity contribution >= 4 is 11.8 Å². The van der Waals surface area contributed by atoms with Crippen LogP contribution in [0.3, 0.4) is 0 Å². The van der Waals surface area contributed by atoms with Gasteiger partial charge in [0.2, 0.25) is 11.8 Å². The highest BCUT2D eigenvalue weighted by Crippen LogP contribution is 2.18. The van der Waals surface area contributed by atoms with Crippen LogP contribution < -0.4 is 10.6 Å². The van der Waals surface area contributed by atoms with Crippen molar-refractivity contribution in [1.29, 1.82) is 5.26 Å². The monoisotopic (exact) mass is 271 g/mol. The molecule has 5 nitrogen and oxygen atoms in total. The minimum atomic E-state index is -0.117. The van der Waals surface area contributed by atoms with Gasteiger partial charge >= 0.3 is 0 Å². The third-order valence-electron chi connectivity index (χ3n) is 3.06. The van der Waals surface area contributed by atoms with Gasteiger partial charge in [-0.2, -0.15) is 5.26 Å². The number of rotatable bonds is 6. The van der Waals surface area contributed by atoms with E-state index in [4.69, 9.17) is 5.26 Å². The molecule has 1 saturated carbocycles. The van der Waals surface area contributed by atoms with Crippen molar-refractivity contribution < 1.29 is 9.59 Å². The van der Waals surface area contributed by atoms with Gasteiger partial charge in [-0.1, -0.05) is 12.1 Å². The summed E-state index contributed by atoms with van der Waals surface area (Å²) in [5.74, 6) is -0.125. The summed E-state index contributed by atoms with van der Waals surface area (Å²) in [7, 11) is 0. The topological polar surface area (TPSA) is 82.0 Å². The molecule has 1 fully saturated rings. The summed E-state index contributed by atoms with van der Waals surface area (Å²) in [6.45, 7) is 0.355. The fourth-order valence-electron chi connectivity index (χ4n) is 1.79. The summed E-state index contributed by atoms with van der Waals surface area (Å²) in [5.41, 5.74) is 1.43. The molecule has 1 aliphatic carbocycles. The summed E-state index contributed by atoms with van der Waals surface area (Å²) in [4.78, 5) is 23.1. The maximum atomic E-state index is 11.7.